The molecule has 0 saturated carbocycles. The van der Waals surface area contributed by atoms with Crippen LogP contribution in [-0.2, 0) is 4.79 Å². The van der Waals surface area contributed by atoms with E-state index in [1.165, 1.54) is 54.7 Å². The Hall–Kier alpha value is -1.35. The van der Waals surface area contributed by atoms with Crippen molar-refractivity contribution in [1.82, 2.24) is 0 Å². The molecule has 1 atom stereocenters. The molecule has 24 heavy (non-hydrogen) atoms. The zero-order chi connectivity index (χ0) is 17.3. The van der Waals surface area contributed by atoms with Gasteiger partial charge in [-0.25, -0.2) is 0 Å². The number of quaternary nitrogens is 1. The van der Waals surface area contributed by atoms with Gasteiger partial charge >= 0.3 is 0 Å². The number of likely N-dealkylation sites (tertiary alicyclic amines) is 1. The standard InChI is InChI=1S/C21H33N2O/c1-5-23(12-7-6-8-13-23)19-10-9-11-22(21(19)24)20-17(3)14-16(2)15-18(20)4/h14-15,19H,5-13H2,1-4H3/q+1. The molecule has 132 valence electrons. The van der Waals surface area contributed by atoms with Gasteiger partial charge < -0.3 is 9.38 Å². The summed E-state index contributed by atoms with van der Waals surface area (Å²) in [5, 5.41) is 0. The maximum absolute atomic E-state index is 13.5. The van der Waals surface area contributed by atoms with Gasteiger partial charge in [0.2, 0.25) is 0 Å². The predicted octanol–water partition coefficient (Wildman–Crippen LogP) is 4.13. The van der Waals surface area contributed by atoms with Crippen molar-refractivity contribution in [2.24, 2.45) is 0 Å². The summed E-state index contributed by atoms with van der Waals surface area (Å²) in [5.74, 6) is 0.375. The maximum Gasteiger partial charge on any atom is 0.285 e. The molecule has 0 radical (unpaired) electrons. The van der Waals surface area contributed by atoms with Crippen LogP contribution in [0.25, 0.3) is 0 Å². The number of rotatable bonds is 3. The van der Waals surface area contributed by atoms with E-state index in [-0.39, 0.29) is 6.04 Å². The summed E-state index contributed by atoms with van der Waals surface area (Å²) in [6, 6.07) is 4.60. The average molecular weight is 330 g/mol. The van der Waals surface area contributed by atoms with Gasteiger partial charge in [0.05, 0.1) is 19.6 Å². The summed E-state index contributed by atoms with van der Waals surface area (Å²) >= 11 is 0. The second kappa shape index (κ2) is 6.87. The van der Waals surface area contributed by atoms with E-state index in [0.29, 0.717) is 5.91 Å². The quantitative estimate of drug-likeness (QED) is 0.764. The molecule has 1 aromatic carbocycles. The van der Waals surface area contributed by atoms with Gasteiger partial charge in [0, 0.05) is 18.7 Å². The van der Waals surface area contributed by atoms with Gasteiger partial charge in [-0.2, -0.15) is 0 Å². The van der Waals surface area contributed by atoms with Crippen LogP contribution >= 0.6 is 0 Å². The van der Waals surface area contributed by atoms with Crippen LogP contribution in [0.2, 0.25) is 0 Å². The number of hydrogen-bond acceptors (Lipinski definition) is 1. The Morgan fingerprint density at radius 2 is 1.67 bits per heavy atom. The molecule has 1 unspecified atom stereocenters. The van der Waals surface area contributed by atoms with Crippen molar-refractivity contribution in [3.8, 4) is 0 Å². The summed E-state index contributed by atoms with van der Waals surface area (Å²) in [4.78, 5) is 15.6. The Balaban J connectivity index is 1.93. The lowest BCUT2D eigenvalue weighted by atomic mass is 9.94. The molecule has 2 fully saturated rings. The Morgan fingerprint density at radius 3 is 2.25 bits per heavy atom. The molecule has 1 aromatic rings. The first-order valence-corrected chi connectivity index (χ1v) is 9.73. The van der Waals surface area contributed by atoms with Crippen LogP contribution < -0.4 is 4.90 Å². The van der Waals surface area contributed by atoms with E-state index < -0.39 is 0 Å². The van der Waals surface area contributed by atoms with E-state index in [0.717, 1.165) is 30.4 Å². The van der Waals surface area contributed by atoms with Gasteiger partial charge in [-0.15, -0.1) is 0 Å². The van der Waals surface area contributed by atoms with Crippen molar-refractivity contribution < 1.29 is 9.28 Å². The lowest BCUT2D eigenvalue weighted by Crippen LogP contribution is -2.65. The minimum Gasteiger partial charge on any atom is -0.314 e. The van der Waals surface area contributed by atoms with E-state index in [2.05, 4.69) is 44.7 Å². The molecule has 0 aromatic heterocycles. The van der Waals surface area contributed by atoms with Crippen LogP contribution in [0.1, 0.15) is 55.7 Å². The van der Waals surface area contributed by atoms with Gasteiger partial charge in [-0.3, -0.25) is 4.79 Å². The van der Waals surface area contributed by atoms with Crippen LogP contribution in [0, 0.1) is 20.8 Å². The molecule has 0 aliphatic carbocycles. The lowest BCUT2D eigenvalue weighted by Gasteiger charge is -2.49. The monoisotopic (exact) mass is 329 g/mol. The summed E-state index contributed by atoms with van der Waals surface area (Å²) in [7, 11) is 0. The molecule has 3 heteroatoms. The minimum absolute atomic E-state index is 0.171. The second-order valence-corrected chi connectivity index (χ2v) is 7.94. The van der Waals surface area contributed by atoms with Crippen LogP contribution in [0.4, 0.5) is 5.69 Å². The Bertz CT molecular complexity index is 593. The maximum atomic E-state index is 13.5. The van der Waals surface area contributed by atoms with E-state index in [1.807, 2.05) is 0 Å². The lowest BCUT2D eigenvalue weighted by molar-refractivity contribution is -0.945. The third kappa shape index (κ3) is 2.99. The van der Waals surface area contributed by atoms with Gasteiger partial charge in [0.25, 0.3) is 5.91 Å². The zero-order valence-electron chi connectivity index (χ0n) is 15.9. The highest BCUT2D eigenvalue weighted by Crippen LogP contribution is 2.34. The third-order valence-corrected chi connectivity index (χ3v) is 6.31. The summed E-state index contributed by atoms with van der Waals surface area (Å²) in [6.07, 6.45) is 6.08. The molecular weight excluding hydrogens is 296 g/mol. The van der Waals surface area contributed by atoms with Gasteiger partial charge in [0.15, 0.2) is 6.04 Å². The van der Waals surface area contributed by atoms with E-state index >= 15 is 0 Å². The fourth-order valence-corrected chi connectivity index (χ4v) is 5.17. The molecule has 1 amide bonds. The molecule has 3 nitrogen and oxygen atoms in total. The van der Waals surface area contributed by atoms with Crippen LogP contribution in [0.3, 0.4) is 0 Å². The first-order chi connectivity index (χ1) is 11.5. The van der Waals surface area contributed by atoms with Crippen molar-refractivity contribution in [2.75, 3.05) is 31.1 Å². The number of carbonyl (C=O) groups is 1. The van der Waals surface area contributed by atoms with Crippen molar-refractivity contribution in [3.05, 3.63) is 28.8 Å². The fraction of sp³-hybridized carbons (Fsp3) is 0.667. The minimum atomic E-state index is 0.171. The van der Waals surface area contributed by atoms with Gasteiger partial charge in [-0.1, -0.05) is 17.7 Å². The highest BCUT2D eigenvalue weighted by molar-refractivity contribution is 5.98. The topological polar surface area (TPSA) is 20.3 Å². The summed E-state index contributed by atoms with van der Waals surface area (Å²) in [5.41, 5.74) is 4.93. The zero-order valence-corrected chi connectivity index (χ0v) is 15.9. The Morgan fingerprint density at radius 1 is 1.04 bits per heavy atom. The second-order valence-electron chi connectivity index (χ2n) is 7.94. The number of hydrogen-bond donors (Lipinski definition) is 0. The molecule has 2 saturated heterocycles. The molecule has 0 spiro atoms. The number of likely N-dealkylation sites (N-methyl/N-ethyl adjacent to an activating group) is 1. The highest BCUT2D eigenvalue weighted by Gasteiger charge is 2.45. The molecule has 2 aliphatic rings. The Labute approximate surface area is 147 Å². The third-order valence-electron chi connectivity index (χ3n) is 6.31. The van der Waals surface area contributed by atoms with E-state index in [9.17, 15) is 4.79 Å². The largest absolute Gasteiger partial charge is 0.314 e. The first-order valence-electron chi connectivity index (χ1n) is 9.73. The number of carbonyl (C=O) groups excluding carboxylic acids is 1. The molecule has 3 rings (SSSR count). The Kier molecular flexibility index (Phi) is 5.00. The number of aryl methyl sites for hydroxylation is 3. The van der Waals surface area contributed by atoms with Crippen molar-refractivity contribution >= 4 is 11.6 Å². The van der Waals surface area contributed by atoms with Gasteiger partial charge in [-0.05, 0) is 64.5 Å². The SMILES string of the molecule is CC[N+]1(C2CCCN(c3c(C)cc(C)cc3C)C2=O)CCCCC1. The predicted molar refractivity (Wildman–Crippen MR) is 100 cm³/mol. The number of benzene rings is 1. The normalized spacial score (nSPS) is 24.2. The molecule has 0 bridgehead atoms. The summed E-state index contributed by atoms with van der Waals surface area (Å²) in [6.45, 7) is 13.1. The average Bonchev–Trinajstić information content (AvgIpc) is 2.56. The summed E-state index contributed by atoms with van der Waals surface area (Å²) < 4.78 is 1.03. The van der Waals surface area contributed by atoms with Crippen LogP contribution in [0.5, 0.6) is 0 Å². The van der Waals surface area contributed by atoms with Crippen LogP contribution in [0.15, 0.2) is 12.1 Å². The molecule has 2 heterocycles. The smallest absolute Gasteiger partial charge is 0.285 e. The van der Waals surface area contributed by atoms with Crippen molar-refractivity contribution in [3.63, 3.8) is 0 Å². The van der Waals surface area contributed by atoms with Crippen LogP contribution in [-0.4, -0.2) is 42.6 Å². The van der Waals surface area contributed by atoms with Crippen molar-refractivity contribution in [1.29, 1.82) is 0 Å². The number of amides is 1. The molecular formula is C21H33N2O+. The van der Waals surface area contributed by atoms with E-state index in [4.69, 9.17) is 0 Å². The van der Waals surface area contributed by atoms with E-state index in [1.54, 1.807) is 0 Å². The number of piperidine rings is 2. The van der Waals surface area contributed by atoms with Gasteiger partial charge in [0.1, 0.15) is 0 Å². The number of anilines is 1. The highest BCUT2D eigenvalue weighted by atomic mass is 16.2. The molecule has 2 aliphatic heterocycles. The van der Waals surface area contributed by atoms with Crippen molar-refractivity contribution in [2.45, 2.75) is 65.8 Å². The fourth-order valence-electron chi connectivity index (χ4n) is 5.17. The number of nitrogens with zero attached hydrogens (tertiary/aromatic N) is 2. The molecule has 0 N–H and O–H groups in total. The first kappa shape index (κ1) is 17.5.